The molecule has 0 radical (unpaired) electrons. The number of benzene rings is 3. The monoisotopic (exact) mass is 475 g/mol. The zero-order valence-corrected chi connectivity index (χ0v) is 19.0. The summed E-state index contributed by atoms with van der Waals surface area (Å²) in [5.41, 5.74) is 9.50. The number of hydrogen-bond donors (Lipinski definition) is 1. The van der Waals surface area contributed by atoms with E-state index >= 15 is 0 Å². The topological polar surface area (TPSA) is 103 Å². The van der Waals surface area contributed by atoms with Gasteiger partial charge >= 0.3 is 0 Å². The van der Waals surface area contributed by atoms with Crippen molar-refractivity contribution >= 4 is 55.7 Å². The molecule has 0 aliphatic carbocycles. The van der Waals surface area contributed by atoms with E-state index in [9.17, 15) is 8.42 Å². The first-order chi connectivity index (χ1) is 15.8. The lowest BCUT2D eigenvalue weighted by atomic mass is 10.2. The normalized spacial score (nSPS) is 12.2. The molecule has 9 heteroatoms. The Hall–Kier alpha value is -3.75. The van der Waals surface area contributed by atoms with Crippen LogP contribution in [0.4, 0.5) is 5.82 Å². The first-order valence-corrected chi connectivity index (χ1v) is 11.9. The van der Waals surface area contributed by atoms with Gasteiger partial charge in [0, 0.05) is 5.02 Å². The average Bonchev–Trinajstić information content (AvgIpc) is 3.07. The molecule has 2 aromatic heterocycles. The van der Waals surface area contributed by atoms with Crippen molar-refractivity contribution < 1.29 is 8.42 Å². The molecule has 0 spiro atoms. The average molecular weight is 476 g/mol. The summed E-state index contributed by atoms with van der Waals surface area (Å²) in [6, 6.07) is 21.0. The quantitative estimate of drug-likeness (QED) is 0.374. The van der Waals surface area contributed by atoms with Gasteiger partial charge in [-0.3, -0.25) is 0 Å². The fourth-order valence-electron chi connectivity index (χ4n) is 3.62. The van der Waals surface area contributed by atoms with E-state index in [0.717, 1.165) is 11.1 Å². The van der Waals surface area contributed by atoms with Crippen molar-refractivity contribution in [2.75, 3.05) is 5.73 Å². The van der Waals surface area contributed by atoms with Gasteiger partial charge in [-0.05, 0) is 54.4 Å². The third kappa shape index (κ3) is 3.73. The lowest BCUT2D eigenvalue weighted by Crippen LogP contribution is -2.07. The molecule has 0 saturated heterocycles. The Morgan fingerprint density at radius 3 is 2.42 bits per heavy atom. The van der Waals surface area contributed by atoms with E-state index in [1.54, 1.807) is 48.7 Å². The number of para-hydroxylation sites is 2. The maximum absolute atomic E-state index is 13.7. The minimum atomic E-state index is -4.00. The molecule has 164 valence electrons. The Balaban J connectivity index is 1.81. The number of halogens is 1. The summed E-state index contributed by atoms with van der Waals surface area (Å²) < 4.78 is 28.6. The molecule has 0 amide bonds. The first-order valence-electron chi connectivity index (χ1n) is 10.0. The molecular formula is C24H18ClN5O2S. The standard InChI is InChI=1S/C24H18ClN5O2S/c1-15-6-4-9-18(12-15)33(31,32)22-21-24(29-20-11-3-2-10-19(20)28-21)30(23(22)26)27-14-16-7-5-8-17(25)13-16/h2-14H,26H2,1H3. The number of aromatic nitrogens is 3. The number of fused-ring (bicyclic) bond motifs is 2. The number of sulfone groups is 1. The smallest absolute Gasteiger partial charge is 0.212 e. The van der Waals surface area contributed by atoms with E-state index in [2.05, 4.69) is 15.1 Å². The van der Waals surface area contributed by atoms with Crippen LogP contribution in [-0.2, 0) is 9.84 Å². The third-order valence-electron chi connectivity index (χ3n) is 5.17. The van der Waals surface area contributed by atoms with Crippen molar-refractivity contribution in [2.45, 2.75) is 16.7 Å². The molecule has 0 aliphatic heterocycles. The summed E-state index contributed by atoms with van der Waals surface area (Å²) in [5.74, 6) is -0.0694. The van der Waals surface area contributed by atoms with Gasteiger partial charge in [0.15, 0.2) is 5.65 Å². The van der Waals surface area contributed by atoms with E-state index in [4.69, 9.17) is 17.3 Å². The number of rotatable bonds is 4. The predicted octanol–water partition coefficient (Wildman–Crippen LogP) is 4.84. The highest BCUT2D eigenvalue weighted by Crippen LogP contribution is 2.35. The minimum absolute atomic E-state index is 0.0694. The van der Waals surface area contributed by atoms with Gasteiger partial charge in [0.25, 0.3) is 0 Å². The second-order valence-electron chi connectivity index (χ2n) is 7.53. The Labute approximate surface area is 195 Å². The van der Waals surface area contributed by atoms with Crippen LogP contribution in [0.5, 0.6) is 0 Å². The van der Waals surface area contributed by atoms with E-state index in [1.807, 2.05) is 31.2 Å². The molecule has 0 atom stereocenters. The zero-order chi connectivity index (χ0) is 23.2. The number of nitrogens with zero attached hydrogens (tertiary/aromatic N) is 4. The van der Waals surface area contributed by atoms with Crippen LogP contribution in [0.15, 0.2) is 87.7 Å². The van der Waals surface area contributed by atoms with Gasteiger partial charge in [-0.2, -0.15) is 9.78 Å². The van der Waals surface area contributed by atoms with Gasteiger partial charge in [-0.25, -0.2) is 18.4 Å². The van der Waals surface area contributed by atoms with Crippen molar-refractivity contribution in [3.05, 3.63) is 88.9 Å². The molecule has 7 nitrogen and oxygen atoms in total. The van der Waals surface area contributed by atoms with Gasteiger partial charge < -0.3 is 5.73 Å². The molecule has 2 heterocycles. The molecule has 0 saturated carbocycles. The zero-order valence-electron chi connectivity index (χ0n) is 17.5. The van der Waals surface area contributed by atoms with E-state index in [-0.39, 0.29) is 26.8 Å². The number of nitrogens with two attached hydrogens (primary N) is 1. The first kappa shape index (κ1) is 21.1. The Morgan fingerprint density at radius 2 is 1.70 bits per heavy atom. The molecule has 33 heavy (non-hydrogen) atoms. The predicted molar refractivity (Wildman–Crippen MR) is 131 cm³/mol. The summed E-state index contributed by atoms with van der Waals surface area (Å²) in [7, 11) is -4.00. The highest BCUT2D eigenvalue weighted by molar-refractivity contribution is 7.92. The van der Waals surface area contributed by atoms with Crippen molar-refractivity contribution in [1.29, 1.82) is 0 Å². The van der Waals surface area contributed by atoms with Crippen molar-refractivity contribution in [3.8, 4) is 0 Å². The van der Waals surface area contributed by atoms with Crippen LogP contribution in [0.25, 0.3) is 22.2 Å². The summed E-state index contributed by atoms with van der Waals surface area (Å²) in [4.78, 5) is 9.24. The van der Waals surface area contributed by atoms with Crippen LogP contribution >= 0.6 is 11.6 Å². The highest BCUT2D eigenvalue weighted by atomic mass is 35.5. The van der Waals surface area contributed by atoms with Gasteiger partial charge in [0.2, 0.25) is 9.84 Å². The maximum Gasteiger partial charge on any atom is 0.212 e. The molecular weight excluding hydrogens is 458 g/mol. The van der Waals surface area contributed by atoms with Gasteiger partial charge in [0.05, 0.1) is 22.1 Å². The fraction of sp³-hybridized carbons (Fsp3) is 0.0417. The molecule has 2 N–H and O–H groups in total. The van der Waals surface area contributed by atoms with Crippen LogP contribution < -0.4 is 5.73 Å². The van der Waals surface area contributed by atoms with Gasteiger partial charge in [-0.15, -0.1) is 0 Å². The summed E-state index contributed by atoms with van der Waals surface area (Å²) in [6.07, 6.45) is 1.54. The maximum atomic E-state index is 13.7. The fourth-order valence-corrected chi connectivity index (χ4v) is 5.40. The Morgan fingerprint density at radius 1 is 0.970 bits per heavy atom. The summed E-state index contributed by atoms with van der Waals surface area (Å²) in [5, 5.41) is 4.99. The van der Waals surface area contributed by atoms with E-state index in [1.165, 1.54) is 10.7 Å². The third-order valence-corrected chi connectivity index (χ3v) is 7.22. The van der Waals surface area contributed by atoms with E-state index < -0.39 is 9.84 Å². The molecule has 0 fully saturated rings. The molecule has 5 aromatic rings. The SMILES string of the molecule is Cc1cccc(S(=O)(=O)c2c(N)n(N=Cc3cccc(Cl)c3)c3nc4ccccc4nc23)c1. The van der Waals surface area contributed by atoms with Crippen molar-refractivity contribution in [2.24, 2.45) is 5.10 Å². The van der Waals surface area contributed by atoms with Crippen LogP contribution in [0.2, 0.25) is 5.02 Å². The minimum Gasteiger partial charge on any atom is -0.382 e. The molecule has 5 rings (SSSR count). The molecule has 3 aromatic carbocycles. The second kappa shape index (κ2) is 7.99. The number of aryl methyl sites for hydroxylation is 1. The molecule has 0 aliphatic rings. The number of anilines is 1. The van der Waals surface area contributed by atoms with Crippen LogP contribution in [0.1, 0.15) is 11.1 Å². The van der Waals surface area contributed by atoms with E-state index in [0.29, 0.717) is 16.1 Å². The lowest BCUT2D eigenvalue weighted by molar-refractivity contribution is 0.597. The van der Waals surface area contributed by atoms with Crippen molar-refractivity contribution in [3.63, 3.8) is 0 Å². The number of nitrogen functional groups attached to an aromatic ring is 1. The van der Waals surface area contributed by atoms with Crippen LogP contribution in [-0.4, -0.2) is 29.3 Å². The Kier molecular flexibility index (Phi) is 5.11. The summed E-state index contributed by atoms with van der Waals surface area (Å²) >= 11 is 6.07. The van der Waals surface area contributed by atoms with Crippen molar-refractivity contribution in [1.82, 2.24) is 14.6 Å². The van der Waals surface area contributed by atoms with Gasteiger partial charge in [0.1, 0.15) is 16.2 Å². The van der Waals surface area contributed by atoms with Gasteiger partial charge in [-0.1, -0.05) is 48.0 Å². The second-order valence-corrected chi connectivity index (χ2v) is 9.85. The Bertz CT molecular complexity index is 1680. The lowest BCUT2D eigenvalue weighted by Gasteiger charge is -2.06. The largest absolute Gasteiger partial charge is 0.382 e. The van der Waals surface area contributed by atoms with Crippen LogP contribution in [0, 0.1) is 6.92 Å². The molecule has 0 unspecified atom stereocenters. The highest BCUT2D eigenvalue weighted by Gasteiger charge is 2.30. The number of hydrogen-bond acceptors (Lipinski definition) is 6. The van der Waals surface area contributed by atoms with Crippen LogP contribution in [0.3, 0.4) is 0 Å². The molecule has 0 bridgehead atoms. The summed E-state index contributed by atoms with van der Waals surface area (Å²) in [6.45, 7) is 1.83.